The van der Waals surface area contributed by atoms with Gasteiger partial charge in [-0.3, -0.25) is 4.90 Å². The Bertz CT molecular complexity index is 290. The lowest BCUT2D eigenvalue weighted by Crippen LogP contribution is -2.48. The molecule has 0 N–H and O–H groups in total. The molecule has 1 aliphatic rings. The molecule has 3 atom stereocenters. The van der Waals surface area contributed by atoms with Crippen molar-refractivity contribution in [2.75, 3.05) is 6.54 Å². The molecule has 2 nitrogen and oxygen atoms in total. The van der Waals surface area contributed by atoms with E-state index in [4.69, 9.17) is 0 Å². The van der Waals surface area contributed by atoms with Crippen molar-refractivity contribution in [3.63, 3.8) is 0 Å². The summed E-state index contributed by atoms with van der Waals surface area (Å²) in [5.74, 6) is 1.76. The summed E-state index contributed by atoms with van der Waals surface area (Å²) in [5, 5.41) is 9.47. The van der Waals surface area contributed by atoms with E-state index in [1.807, 2.05) is 0 Å². The van der Waals surface area contributed by atoms with Crippen LogP contribution < -0.4 is 0 Å². The maximum absolute atomic E-state index is 9.47. The van der Waals surface area contributed by atoms with E-state index in [0.717, 1.165) is 18.9 Å². The molecule has 1 aliphatic carbocycles. The van der Waals surface area contributed by atoms with Crippen LogP contribution in [0.4, 0.5) is 0 Å². The predicted molar refractivity (Wildman–Crippen MR) is 81.8 cm³/mol. The first-order valence-electron chi connectivity index (χ1n) is 8.14. The Kier molecular flexibility index (Phi) is 6.86. The fourth-order valence-corrected chi connectivity index (χ4v) is 3.57. The van der Waals surface area contributed by atoms with Gasteiger partial charge in [0.25, 0.3) is 0 Å². The maximum Gasteiger partial charge on any atom is 0.0672 e. The second kappa shape index (κ2) is 7.90. The Balaban J connectivity index is 2.79. The standard InChI is InChI=1S/C17H32N2/c1-6-7-15-8-9-16(11-18)17(10-15)19(14(4)5)12-13(2)3/h13-17H,6-10,12H2,1-5H3. The number of rotatable bonds is 6. The smallest absolute Gasteiger partial charge is 0.0672 e. The van der Waals surface area contributed by atoms with Crippen molar-refractivity contribution in [1.82, 2.24) is 4.90 Å². The minimum absolute atomic E-state index is 0.245. The van der Waals surface area contributed by atoms with Gasteiger partial charge in [-0.05, 0) is 44.9 Å². The lowest BCUT2D eigenvalue weighted by atomic mass is 9.76. The minimum atomic E-state index is 0.245. The van der Waals surface area contributed by atoms with Crippen molar-refractivity contribution in [1.29, 1.82) is 5.26 Å². The first kappa shape index (κ1) is 16.5. The van der Waals surface area contributed by atoms with E-state index in [2.05, 4.69) is 45.6 Å². The molecule has 1 fully saturated rings. The third kappa shape index (κ3) is 4.80. The zero-order valence-electron chi connectivity index (χ0n) is 13.5. The molecule has 1 rings (SSSR count). The molecule has 0 bridgehead atoms. The number of hydrogen-bond acceptors (Lipinski definition) is 2. The molecule has 0 spiro atoms. The molecule has 0 aromatic rings. The highest BCUT2D eigenvalue weighted by Gasteiger charge is 2.35. The van der Waals surface area contributed by atoms with Crippen LogP contribution in [-0.4, -0.2) is 23.5 Å². The van der Waals surface area contributed by atoms with Crippen LogP contribution in [0.5, 0.6) is 0 Å². The Morgan fingerprint density at radius 2 is 1.89 bits per heavy atom. The molecule has 0 saturated heterocycles. The molecule has 0 heterocycles. The van der Waals surface area contributed by atoms with Crippen LogP contribution in [0.25, 0.3) is 0 Å². The van der Waals surface area contributed by atoms with E-state index in [-0.39, 0.29) is 5.92 Å². The van der Waals surface area contributed by atoms with Crippen LogP contribution in [0.2, 0.25) is 0 Å². The Morgan fingerprint density at radius 3 is 2.37 bits per heavy atom. The summed E-state index contributed by atoms with van der Waals surface area (Å²) in [7, 11) is 0. The summed E-state index contributed by atoms with van der Waals surface area (Å²) in [6.07, 6.45) is 6.21. The molecule has 0 aliphatic heterocycles. The van der Waals surface area contributed by atoms with Crippen LogP contribution in [0.15, 0.2) is 0 Å². The molecular weight excluding hydrogens is 232 g/mol. The molecule has 19 heavy (non-hydrogen) atoms. The van der Waals surface area contributed by atoms with E-state index in [1.54, 1.807) is 0 Å². The van der Waals surface area contributed by atoms with Gasteiger partial charge in [-0.15, -0.1) is 0 Å². The van der Waals surface area contributed by atoms with Crippen LogP contribution in [-0.2, 0) is 0 Å². The third-order valence-electron chi connectivity index (χ3n) is 4.45. The third-order valence-corrected chi connectivity index (χ3v) is 4.45. The molecule has 3 unspecified atom stereocenters. The first-order valence-corrected chi connectivity index (χ1v) is 8.14. The zero-order valence-corrected chi connectivity index (χ0v) is 13.5. The second-order valence-electron chi connectivity index (χ2n) is 6.96. The van der Waals surface area contributed by atoms with E-state index >= 15 is 0 Å². The fraction of sp³-hybridized carbons (Fsp3) is 0.941. The van der Waals surface area contributed by atoms with Gasteiger partial charge in [0, 0.05) is 18.6 Å². The van der Waals surface area contributed by atoms with Gasteiger partial charge in [-0.25, -0.2) is 0 Å². The van der Waals surface area contributed by atoms with Crippen molar-refractivity contribution in [2.45, 2.75) is 78.8 Å². The van der Waals surface area contributed by atoms with Gasteiger partial charge in [0.05, 0.1) is 12.0 Å². The molecule has 2 heteroatoms. The zero-order chi connectivity index (χ0) is 14.4. The van der Waals surface area contributed by atoms with Crippen molar-refractivity contribution in [3.8, 4) is 6.07 Å². The summed E-state index contributed by atoms with van der Waals surface area (Å²) in [4.78, 5) is 2.60. The highest BCUT2D eigenvalue weighted by molar-refractivity contribution is 4.98. The highest BCUT2D eigenvalue weighted by Crippen LogP contribution is 2.35. The molecule has 0 aromatic heterocycles. The van der Waals surface area contributed by atoms with E-state index in [0.29, 0.717) is 18.0 Å². The van der Waals surface area contributed by atoms with Crippen molar-refractivity contribution in [3.05, 3.63) is 0 Å². The van der Waals surface area contributed by atoms with Gasteiger partial charge in [-0.2, -0.15) is 5.26 Å². The van der Waals surface area contributed by atoms with Crippen LogP contribution in [0.3, 0.4) is 0 Å². The summed E-state index contributed by atoms with van der Waals surface area (Å²) >= 11 is 0. The highest BCUT2D eigenvalue weighted by atomic mass is 15.2. The summed E-state index contributed by atoms with van der Waals surface area (Å²) < 4.78 is 0. The number of nitriles is 1. The monoisotopic (exact) mass is 264 g/mol. The average molecular weight is 264 g/mol. The lowest BCUT2D eigenvalue weighted by Gasteiger charge is -2.43. The SMILES string of the molecule is CCCC1CCC(C#N)C(N(CC(C)C)C(C)C)C1. The van der Waals surface area contributed by atoms with Gasteiger partial charge in [0.1, 0.15) is 0 Å². The van der Waals surface area contributed by atoms with Crippen LogP contribution in [0.1, 0.15) is 66.7 Å². The van der Waals surface area contributed by atoms with Crippen LogP contribution in [0, 0.1) is 29.1 Å². The van der Waals surface area contributed by atoms with E-state index < -0.39 is 0 Å². The van der Waals surface area contributed by atoms with E-state index in [9.17, 15) is 5.26 Å². The molecule has 1 saturated carbocycles. The first-order chi connectivity index (χ1) is 8.99. The Morgan fingerprint density at radius 1 is 1.21 bits per heavy atom. The summed E-state index contributed by atoms with van der Waals surface area (Å²) in [6, 6.07) is 3.61. The normalized spacial score (nSPS) is 28.1. The summed E-state index contributed by atoms with van der Waals surface area (Å²) in [6.45, 7) is 12.5. The average Bonchev–Trinajstić information content (AvgIpc) is 2.36. The van der Waals surface area contributed by atoms with Crippen molar-refractivity contribution in [2.24, 2.45) is 17.8 Å². The number of hydrogen-bond donors (Lipinski definition) is 0. The molecule has 0 radical (unpaired) electrons. The topological polar surface area (TPSA) is 27.0 Å². The van der Waals surface area contributed by atoms with Crippen molar-refractivity contribution < 1.29 is 0 Å². The van der Waals surface area contributed by atoms with Gasteiger partial charge < -0.3 is 0 Å². The van der Waals surface area contributed by atoms with Crippen LogP contribution >= 0.6 is 0 Å². The van der Waals surface area contributed by atoms with Gasteiger partial charge >= 0.3 is 0 Å². The molecule has 0 amide bonds. The largest absolute Gasteiger partial charge is 0.296 e. The Hall–Kier alpha value is -0.550. The van der Waals surface area contributed by atoms with Gasteiger partial charge in [-0.1, -0.05) is 33.6 Å². The quantitative estimate of drug-likeness (QED) is 0.708. The molecular formula is C17H32N2. The lowest BCUT2D eigenvalue weighted by molar-refractivity contribution is 0.0616. The molecule has 0 aromatic carbocycles. The van der Waals surface area contributed by atoms with E-state index in [1.165, 1.54) is 25.7 Å². The minimum Gasteiger partial charge on any atom is -0.296 e. The van der Waals surface area contributed by atoms with Gasteiger partial charge in [0.2, 0.25) is 0 Å². The fourth-order valence-electron chi connectivity index (χ4n) is 3.57. The second-order valence-corrected chi connectivity index (χ2v) is 6.96. The maximum atomic E-state index is 9.47. The summed E-state index contributed by atoms with van der Waals surface area (Å²) in [5.41, 5.74) is 0. The predicted octanol–water partition coefficient (Wildman–Crippen LogP) is 4.46. The Labute approximate surface area is 120 Å². The number of nitrogens with zero attached hydrogens (tertiary/aromatic N) is 2. The van der Waals surface area contributed by atoms with Crippen molar-refractivity contribution >= 4 is 0 Å². The van der Waals surface area contributed by atoms with Gasteiger partial charge in [0.15, 0.2) is 0 Å². The molecule has 110 valence electrons.